The second-order valence-corrected chi connectivity index (χ2v) is 6.48. The Hall–Kier alpha value is -0.890. The lowest BCUT2D eigenvalue weighted by atomic mass is 9.86. The number of hydrogen-bond acceptors (Lipinski definition) is 2. The van der Waals surface area contributed by atoms with E-state index >= 15 is 0 Å². The lowest BCUT2D eigenvalue weighted by Gasteiger charge is -2.19. The summed E-state index contributed by atoms with van der Waals surface area (Å²) in [5, 5.41) is 0. The zero-order valence-corrected chi connectivity index (χ0v) is 14.1. The largest absolute Gasteiger partial charge is 0.384 e. The maximum Gasteiger partial charge on any atom is 0.143 e. The Morgan fingerprint density at radius 3 is 2.76 bits per heavy atom. The number of ether oxygens (including phenoxy) is 1. The van der Waals surface area contributed by atoms with Crippen molar-refractivity contribution in [3.63, 3.8) is 0 Å². The van der Waals surface area contributed by atoms with Gasteiger partial charge in [0.05, 0.1) is 5.92 Å². The van der Waals surface area contributed by atoms with Gasteiger partial charge in [0.15, 0.2) is 0 Å². The van der Waals surface area contributed by atoms with Crippen LogP contribution >= 0.6 is 0 Å². The first-order chi connectivity index (χ1) is 10.1. The van der Waals surface area contributed by atoms with Crippen molar-refractivity contribution >= 4 is 5.78 Å². The van der Waals surface area contributed by atoms with Crippen LogP contribution in [-0.4, -0.2) is 19.5 Å². The number of methoxy groups -OCH3 is 1. The van der Waals surface area contributed by atoms with Crippen LogP contribution in [0.3, 0.4) is 0 Å². The topological polar surface area (TPSA) is 26.3 Å². The molecular weight excluding hydrogens is 260 g/mol. The summed E-state index contributed by atoms with van der Waals surface area (Å²) in [5.41, 5.74) is 1.25. The highest BCUT2D eigenvalue weighted by Crippen LogP contribution is 2.25. The number of Topliss-reactive ketones (excluding diaryl/α,β-unsaturated/α-hetero) is 1. The number of carbonyl (C=O) groups is 1. The van der Waals surface area contributed by atoms with Gasteiger partial charge < -0.3 is 4.74 Å². The first-order valence-electron chi connectivity index (χ1n) is 8.52. The normalized spacial score (nSPS) is 18.1. The molecule has 0 fully saturated rings. The van der Waals surface area contributed by atoms with Gasteiger partial charge in [-0.25, -0.2) is 0 Å². The van der Waals surface area contributed by atoms with Gasteiger partial charge >= 0.3 is 0 Å². The van der Waals surface area contributed by atoms with Crippen molar-refractivity contribution in [1.29, 1.82) is 0 Å². The van der Waals surface area contributed by atoms with Gasteiger partial charge in [0.1, 0.15) is 5.78 Å². The van der Waals surface area contributed by atoms with Gasteiger partial charge in [-0.3, -0.25) is 4.79 Å². The van der Waals surface area contributed by atoms with E-state index in [-0.39, 0.29) is 5.92 Å². The molecule has 0 spiro atoms. The molecule has 0 amide bonds. The zero-order valence-electron chi connectivity index (χ0n) is 14.1. The molecule has 120 valence electrons. The Morgan fingerprint density at radius 1 is 1.29 bits per heavy atom. The predicted octanol–water partition coefficient (Wildman–Crippen LogP) is 5.09. The van der Waals surface area contributed by atoms with Crippen LogP contribution in [0.5, 0.6) is 0 Å². The van der Waals surface area contributed by atoms with Crippen LogP contribution in [0.2, 0.25) is 0 Å². The summed E-state index contributed by atoms with van der Waals surface area (Å²) in [6.45, 7) is 5.25. The molecule has 1 atom stereocenters. The van der Waals surface area contributed by atoms with E-state index in [2.05, 4.69) is 32.1 Å². The van der Waals surface area contributed by atoms with Gasteiger partial charge in [0.2, 0.25) is 0 Å². The fourth-order valence-corrected chi connectivity index (χ4v) is 2.84. The Bertz CT molecular complexity index is 353. The molecule has 1 aliphatic carbocycles. The molecule has 1 aliphatic rings. The van der Waals surface area contributed by atoms with Crippen LogP contribution < -0.4 is 0 Å². The molecule has 0 heterocycles. The second kappa shape index (κ2) is 10.8. The highest BCUT2D eigenvalue weighted by molar-refractivity contribution is 5.85. The first kappa shape index (κ1) is 18.2. The third-order valence-corrected chi connectivity index (χ3v) is 4.14. The molecule has 0 saturated heterocycles. The molecule has 1 rings (SSSR count). The third-order valence-electron chi connectivity index (χ3n) is 4.14. The average Bonchev–Trinajstić information content (AvgIpc) is 2.48. The number of unbranched alkanes of at least 4 members (excludes halogenated alkanes) is 3. The van der Waals surface area contributed by atoms with E-state index in [1.807, 2.05) is 0 Å². The molecule has 0 aliphatic heterocycles. The SMILES string of the molecule is COCCC1=CCC=CC1C(=O)CCCCCCC(C)C. The predicted molar refractivity (Wildman–Crippen MR) is 89.4 cm³/mol. The van der Waals surface area contributed by atoms with Crippen molar-refractivity contribution in [2.45, 2.75) is 65.2 Å². The molecule has 2 heteroatoms. The first-order valence-corrected chi connectivity index (χ1v) is 8.52. The average molecular weight is 292 g/mol. The summed E-state index contributed by atoms with van der Waals surface area (Å²) in [7, 11) is 1.72. The van der Waals surface area contributed by atoms with Crippen LogP contribution in [0, 0.1) is 11.8 Å². The standard InChI is InChI=1S/C19H32O2/c1-16(2)10-6-4-5-7-13-19(20)18-12-9-8-11-17(18)14-15-21-3/h9,11-12,16,18H,4-8,10,13-15H2,1-3H3. The lowest BCUT2D eigenvalue weighted by molar-refractivity contribution is -0.120. The van der Waals surface area contributed by atoms with Gasteiger partial charge in [-0.05, 0) is 25.2 Å². The van der Waals surface area contributed by atoms with E-state index in [1.54, 1.807) is 7.11 Å². The zero-order chi connectivity index (χ0) is 15.5. The van der Waals surface area contributed by atoms with E-state index in [0.29, 0.717) is 12.4 Å². The smallest absolute Gasteiger partial charge is 0.143 e. The van der Waals surface area contributed by atoms with E-state index in [1.165, 1.54) is 31.3 Å². The second-order valence-electron chi connectivity index (χ2n) is 6.48. The van der Waals surface area contributed by atoms with E-state index in [0.717, 1.165) is 31.6 Å². The summed E-state index contributed by atoms with van der Waals surface area (Å²) in [5.74, 6) is 1.20. The monoisotopic (exact) mass is 292 g/mol. The Kier molecular flexibility index (Phi) is 9.32. The molecular formula is C19H32O2. The van der Waals surface area contributed by atoms with Crippen LogP contribution in [0.25, 0.3) is 0 Å². The minimum Gasteiger partial charge on any atom is -0.384 e. The molecule has 0 N–H and O–H groups in total. The molecule has 0 aromatic heterocycles. The summed E-state index contributed by atoms with van der Waals surface area (Å²) in [6.07, 6.45) is 15.1. The Balaban J connectivity index is 2.25. The summed E-state index contributed by atoms with van der Waals surface area (Å²) >= 11 is 0. The van der Waals surface area contributed by atoms with E-state index in [4.69, 9.17) is 4.74 Å². The fraction of sp³-hybridized carbons (Fsp3) is 0.737. The third kappa shape index (κ3) is 7.61. The number of rotatable bonds is 11. The summed E-state index contributed by atoms with van der Waals surface area (Å²) in [4.78, 5) is 12.4. The van der Waals surface area contributed by atoms with Gasteiger partial charge in [-0.2, -0.15) is 0 Å². The minimum absolute atomic E-state index is 0.0181. The van der Waals surface area contributed by atoms with Gasteiger partial charge in [-0.1, -0.05) is 63.3 Å². The number of hydrogen-bond donors (Lipinski definition) is 0. The fourth-order valence-electron chi connectivity index (χ4n) is 2.84. The van der Waals surface area contributed by atoms with Crippen molar-refractivity contribution < 1.29 is 9.53 Å². The van der Waals surface area contributed by atoms with Crippen molar-refractivity contribution in [2.75, 3.05) is 13.7 Å². The molecule has 21 heavy (non-hydrogen) atoms. The van der Waals surface area contributed by atoms with Crippen molar-refractivity contribution in [2.24, 2.45) is 11.8 Å². The Morgan fingerprint density at radius 2 is 2.05 bits per heavy atom. The van der Waals surface area contributed by atoms with E-state index in [9.17, 15) is 4.79 Å². The van der Waals surface area contributed by atoms with Crippen molar-refractivity contribution in [1.82, 2.24) is 0 Å². The van der Waals surface area contributed by atoms with Crippen LogP contribution in [0.1, 0.15) is 65.2 Å². The Labute approximate surface area is 130 Å². The molecule has 0 bridgehead atoms. The molecule has 0 radical (unpaired) electrons. The highest BCUT2D eigenvalue weighted by Gasteiger charge is 2.20. The quantitative estimate of drug-likeness (QED) is 0.391. The molecule has 0 aromatic carbocycles. The maximum atomic E-state index is 12.4. The van der Waals surface area contributed by atoms with E-state index < -0.39 is 0 Å². The van der Waals surface area contributed by atoms with Gasteiger partial charge in [0.25, 0.3) is 0 Å². The van der Waals surface area contributed by atoms with Crippen molar-refractivity contribution in [3.05, 3.63) is 23.8 Å². The summed E-state index contributed by atoms with van der Waals surface area (Å²) in [6, 6.07) is 0. The van der Waals surface area contributed by atoms with Crippen LogP contribution in [-0.2, 0) is 9.53 Å². The number of ketones is 1. The number of allylic oxidation sites excluding steroid dienone is 3. The number of carbonyl (C=O) groups excluding carboxylic acids is 1. The van der Waals surface area contributed by atoms with Gasteiger partial charge in [0, 0.05) is 20.1 Å². The molecule has 0 aromatic rings. The van der Waals surface area contributed by atoms with Crippen molar-refractivity contribution in [3.8, 4) is 0 Å². The lowest BCUT2D eigenvalue weighted by Crippen LogP contribution is -2.17. The molecule has 2 nitrogen and oxygen atoms in total. The minimum atomic E-state index is 0.0181. The van der Waals surface area contributed by atoms with Crippen LogP contribution in [0.15, 0.2) is 23.8 Å². The van der Waals surface area contributed by atoms with Gasteiger partial charge in [-0.15, -0.1) is 0 Å². The van der Waals surface area contributed by atoms with Crippen LogP contribution in [0.4, 0.5) is 0 Å². The summed E-state index contributed by atoms with van der Waals surface area (Å²) < 4.78 is 5.14. The maximum absolute atomic E-state index is 12.4. The highest BCUT2D eigenvalue weighted by atomic mass is 16.5. The molecule has 0 saturated carbocycles. The molecule has 1 unspecified atom stereocenters.